The van der Waals surface area contributed by atoms with Gasteiger partial charge >= 0.3 is 0 Å². The number of aliphatic hydroxyl groups excluding tert-OH is 1. The fourth-order valence-electron chi connectivity index (χ4n) is 2.14. The molecule has 82 valence electrons. The second kappa shape index (κ2) is 3.64. The number of hydrogen-bond acceptors (Lipinski definition) is 4. The summed E-state index contributed by atoms with van der Waals surface area (Å²) in [4.78, 5) is 0. The van der Waals surface area contributed by atoms with E-state index in [1.165, 1.54) is 6.26 Å². The molecule has 0 aliphatic heterocycles. The highest BCUT2D eigenvalue weighted by Gasteiger charge is 2.48. The van der Waals surface area contributed by atoms with Crippen LogP contribution in [-0.4, -0.2) is 37.7 Å². The van der Waals surface area contributed by atoms with Crippen molar-refractivity contribution in [2.75, 3.05) is 19.4 Å². The van der Waals surface area contributed by atoms with Crippen molar-refractivity contribution in [3.8, 4) is 0 Å². The summed E-state index contributed by atoms with van der Waals surface area (Å²) in [6.07, 6.45) is 2.14. The van der Waals surface area contributed by atoms with E-state index in [9.17, 15) is 8.42 Å². The topological polar surface area (TPSA) is 80.4 Å². The smallest absolute Gasteiger partial charge is 0.158 e. The molecule has 0 radical (unpaired) electrons. The highest BCUT2D eigenvalue weighted by atomic mass is 32.2. The van der Waals surface area contributed by atoms with Gasteiger partial charge in [0.15, 0.2) is 9.84 Å². The summed E-state index contributed by atoms with van der Waals surface area (Å²) in [5.41, 5.74) is 6.18. The zero-order chi connectivity index (χ0) is 11.0. The van der Waals surface area contributed by atoms with Gasteiger partial charge in [-0.1, -0.05) is 12.2 Å². The van der Waals surface area contributed by atoms with Crippen LogP contribution < -0.4 is 5.73 Å². The summed E-state index contributed by atoms with van der Waals surface area (Å²) < 4.78 is 22.3. The van der Waals surface area contributed by atoms with Crippen molar-refractivity contribution in [3.63, 3.8) is 0 Å². The van der Waals surface area contributed by atoms with Crippen LogP contribution in [0.25, 0.3) is 0 Å². The van der Waals surface area contributed by atoms with Gasteiger partial charge in [0.05, 0.1) is 0 Å². The molecule has 0 aromatic rings. The summed E-state index contributed by atoms with van der Waals surface area (Å²) in [6.45, 7) is 3.83. The summed E-state index contributed by atoms with van der Waals surface area (Å²) in [5, 5.41) is 9.00. The molecule has 0 aromatic heterocycles. The van der Waals surface area contributed by atoms with Crippen LogP contribution in [0.4, 0.5) is 0 Å². The Bertz CT molecular complexity index is 336. The van der Waals surface area contributed by atoms with Crippen LogP contribution in [0.5, 0.6) is 0 Å². The summed E-state index contributed by atoms with van der Waals surface area (Å²) in [7, 11) is -3.24. The van der Waals surface area contributed by atoms with Crippen molar-refractivity contribution < 1.29 is 13.5 Å². The zero-order valence-corrected chi connectivity index (χ0v) is 9.18. The molecular formula is C9H17NO3S. The Hall–Kier alpha value is -0.390. The van der Waals surface area contributed by atoms with Crippen molar-refractivity contribution >= 4 is 9.84 Å². The molecule has 4 nitrogen and oxygen atoms in total. The molecule has 14 heavy (non-hydrogen) atoms. The van der Waals surface area contributed by atoms with E-state index in [4.69, 9.17) is 10.8 Å². The molecule has 1 aliphatic carbocycles. The van der Waals surface area contributed by atoms with Crippen LogP contribution in [0.15, 0.2) is 12.2 Å². The molecule has 1 aliphatic rings. The first-order valence-corrected chi connectivity index (χ1v) is 6.45. The Morgan fingerprint density at radius 2 is 2.29 bits per heavy atom. The number of hydrogen-bond donors (Lipinski definition) is 2. The number of rotatable bonds is 3. The van der Waals surface area contributed by atoms with Gasteiger partial charge in [0.1, 0.15) is 4.75 Å². The first-order valence-electron chi connectivity index (χ1n) is 4.56. The van der Waals surface area contributed by atoms with Crippen molar-refractivity contribution in [2.24, 2.45) is 11.7 Å². The third-order valence-corrected chi connectivity index (χ3v) is 5.14. The van der Waals surface area contributed by atoms with Crippen LogP contribution in [0.3, 0.4) is 0 Å². The SMILES string of the molecule is C=C1C[C@@H](CO)C[C@@]1(CN)S(C)(=O)=O. The lowest BCUT2D eigenvalue weighted by Crippen LogP contribution is -2.44. The van der Waals surface area contributed by atoms with Gasteiger partial charge in [-0.25, -0.2) is 8.42 Å². The zero-order valence-electron chi connectivity index (χ0n) is 8.36. The van der Waals surface area contributed by atoms with Gasteiger partial charge in [-0.3, -0.25) is 0 Å². The summed E-state index contributed by atoms with van der Waals surface area (Å²) in [5.74, 6) is -0.0132. The maximum atomic E-state index is 11.6. The van der Waals surface area contributed by atoms with Crippen LogP contribution >= 0.6 is 0 Å². The minimum absolute atomic E-state index is 0.00368. The molecule has 0 spiro atoms. The average Bonchev–Trinajstić information content (AvgIpc) is 2.42. The van der Waals surface area contributed by atoms with E-state index in [-0.39, 0.29) is 19.1 Å². The van der Waals surface area contributed by atoms with Gasteiger partial charge in [-0.2, -0.15) is 0 Å². The molecule has 0 saturated heterocycles. The van der Waals surface area contributed by atoms with E-state index in [1.54, 1.807) is 0 Å². The second-order valence-corrected chi connectivity index (χ2v) is 6.36. The van der Waals surface area contributed by atoms with Gasteiger partial charge in [-0.05, 0) is 18.8 Å². The third kappa shape index (κ3) is 1.60. The van der Waals surface area contributed by atoms with E-state index in [0.717, 1.165) is 0 Å². The largest absolute Gasteiger partial charge is 0.396 e. The number of sulfone groups is 1. The molecule has 3 N–H and O–H groups in total. The van der Waals surface area contributed by atoms with E-state index >= 15 is 0 Å². The van der Waals surface area contributed by atoms with E-state index in [0.29, 0.717) is 18.4 Å². The highest BCUT2D eigenvalue weighted by Crippen LogP contribution is 2.42. The summed E-state index contributed by atoms with van der Waals surface area (Å²) in [6, 6.07) is 0. The molecule has 0 heterocycles. The molecule has 1 saturated carbocycles. The molecule has 0 amide bonds. The molecule has 2 atom stereocenters. The molecule has 0 unspecified atom stereocenters. The van der Waals surface area contributed by atoms with Crippen molar-refractivity contribution in [1.82, 2.24) is 0 Å². The van der Waals surface area contributed by atoms with Crippen LogP contribution in [0.2, 0.25) is 0 Å². The van der Waals surface area contributed by atoms with Crippen LogP contribution in [0, 0.1) is 5.92 Å². The maximum absolute atomic E-state index is 11.6. The second-order valence-electron chi connectivity index (χ2n) is 4.03. The summed E-state index contributed by atoms with van der Waals surface area (Å²) >= 11 is 0. The molecule has 0 aromatic carbocycles. The van der Waals surface area contributed by atoms with Gasteiger partial charge in [0.25, 0.3) is 0 Å². The van der Waals surface area contributed by atoms with Crippen molar-refractivity contribution in [1.29, 1.82) is 0 Å². The minimum atomic E-state index is -3.24. The highest BCUT2D eigenvalue weighted by molar-refractivity contribution is 7.92. The predicted octanol–water partition coefficient (Wildman–Crippen LogP) is -0.313. The predicted molar refractivity (Wildman–Crippen MR) is 55.6 cm³/mol. The Labute approximate surface area is 84.7 Å². The monoisotopic (exact) mass is 219 g/mol. The number of nitrogens with two attached hydrogens (primary N) is 1. The molecule has 0 bridgehead atoms. The van der Waals surface area contributed by atoms with E-state index < -0.39 is 14.6 Å². The Kier molecular flexibility index (Phi) is 3.04. The standard InChI is InChI=1S/C9H17NO3S/c1-7-3-8(5-11)4-9(7,6-10)14(2,12)13/h8,11H,1,3-6,10H2,2H3/t8-,9+/m1/s1. The quantitative estimate of drug-likeness (QED) is 0.638. The maximum Gasteiger partial charge on any atom is 0.158 e. The lowest BCUT2D eigenvalue weighted by Gasteiger charge is -2.26. The minimum Gasteiger partial charge on any atom is -0.396 e. The van der Waals surface area contributed by atoms with E-state index in [2.05, 4.69) is 6.58 Å². The molecule has 1 rings (SSSR count). The van der Waals surface area contributed by atoms with Crippen molar-refractivity contribution in [3.05, 3.63) is 12.2 Å². The first-order chi connectivity index (χ1) is 6.37. The molecule has 1 fully saturated rings. The lowest BCUT2D eigenvalue weighted by atomic mass is 10.0. The van der Waals surface area contributed by atoms with Crippen LogP contribution in [0.1, 0.15) is 12.8 Å². The van der Waals surface area contributed by atoms with Crippen molar-refractivity contribution in [2.45, 2.75) is 17.6 Å². The Balaban J connectivity index is 3.09. The fraction of sp³-hybridized carbons (Fsp3) is 0.778. The third-order valence-electron chi connectivity index (χ3n) is 3.10. The van der Waals surface area contributed by atoms with Gasteiger partial charge in [0.2, 0.25) is 0 Å². The molecule has 5 heteroatoms. The Morgan fingerprint density at radius 3 is 2.50 bits per heavy atom. The van der Waals surface area contributed by atoms with E-state index in [1.807, 2.05) is 0 Å². The Morgan fingerprint density at radius 1 is 1.71 bits per heavy atom. The van der Waals surface area contributed by atoms with Crippen LogP contribution in [-0.2, 0) is 9.84 Å². The fourth-order valence-corrected chi connectivity index (χ4v) is 3.59. The number of aliphatic hydroxyl groups is 1. The van der Waals surface area contributed by atoms with Gasteiger partial charge in [0, 0.05) is 19.4 Å². The lowest BCUT2D eigenvalue weighted by molar-refractivity contribution is 0.228. The average molecular weight is 219 g/mol. The molecular weight excluding hydrogens is 202 g/mol. The van der Waals surface area contributed by atoms with Gasteiger partial charge in [-0.15, -0.1) is 0 Å². The normalized spacial score (nSPS) is 33.6. The first kappa shape index (κ1) is 11.7. The van der Waals surface area contributed by atoms with Gasteiger partial charge < -0.3 is 10.8 Å².